The van der Waals surface area contributed by atoms with Crippen LogP contribution in [0.4, 0.5) is 0 Å². The number of nitrogens with one attached hydrogen (secondary N) is 1. The van der Waals surface area contributed by atoms with E-state index in [2.05, 4.69) is 51.0 Å². The summed E-state index contributed by atoms with van der Waals surface area (Å²) in [6, 6.07) is 4.28. The van der Waals surface area contributed by atoms with Gasteiger partial charge in [-0.15, -0.1) is 0 Å². The molecule has 0 saturated carbocycles. The van der Waals surface area contributed by atoms with Gasteiger partial charge in [-0.05, 0) is 59.4 Å². The van der Waals surface area contributed by atoms with Gasteiger partial charge >= 0.3 is 7.12 Å². The average molecular weight is 288 g/mol. The number of hydrogen-bond acceptors (Lipinski definition) is 4. The van der Waals surface area contributed by atoms with Crippen LogP contribution in [-0.4, -0.2) is 30.4 Å². The number of aromatic nitrogens is 1. The van der Waals surface area contributed by atoms with Crippen molar-refractivity contribution in [2.24, 2.45) is 0 Å². The van der Waals surface area contributed by atoms with Crippen molar-refractivity contribution in [3.63, 3.8) is 0 Å². The molecule has 21 heavy (non-hydrogen) atoms. The molecule has 0 aliphatic carbocycles. The van der Waals surface area contributed by atoms with E-state index in [9.17, 15) is 0 Å². The first-order chi connectivity index (χ1) is 9.77. The third kappa shape index (κ3) is 3.36. The van der Waals surface area contributed by atoms with E-state index in [-0.39, 0.29) is 24.4 Å². The molecular formula is C16H25BN2O2. The molecule has 0 spiro atoms. The Morgan fingerprint density at radius 2 is 1.86 bits per heavy atom. The van der Waals surface area contributed by atoms with E-state index < -0.39 is 0 Å². The van der Waals surface area contributed by atoms with Crippen molar-refractivity contribution >= 4 is 13.2 Å². The Labute approximate surface area is 128 Å². The van der Waals surface area contributed by atoms with Crippen molar-refractivity contribution in [2.45, 2.75) is 51.9 Å². The minimum Gasteiger partial charge on any atom is -0.400 e. The monoisotopic (exact) mass is 288 g/mol. The molecule has 1 aliphatic rings. The van der Waals surface area contributed by atoms with Crippen LogP contribution in [0.5, 0.6) is 0 Å². The van der Waals surface area contributed by atoms with Crippen LogP contribution < -0.4 is 5.32 Å². The summed E-state index contributed by atoms with van der Waals surface area (Å²) in [5, 5.41) is 3.24. The molecule has 1 atom stereocenters. The molecule has 0 unspecified atom stereocenters. The third-order valence-electron chi connectivity index (χ3n) is 4.45. The van der Waals surface area contributed by atoms with E-state index >= 15 is 0 Å². The average Bonchev–Trinajstić information content (AvgIpc) is 2.64. The van der Waals surface area contributed by atoms with Crippen LogP contribution in [0.25, 0.3) is 6.08 Å². The van der Waals surface area contributed by atoms with Gasteiger partial charge in [0.15, 0.2) is 0 Å². The molecule has 1 N–H and O–H groups in total. The molecule has 1 aromatic heterocycles. The van der Waals surface area contributed by atoms with Crippen molar-refractivity contribution in [1.29, 1.82) is 0 Å². The lowest BCUT2D eigenvalue weighted by molar-refractivity contribution is 0.00578. The van der Waals surface area contributed by atoms with E-state index in [4.69, 9.17) is 9.31 Å². The molecule has 1 saturated heterocycles. The standard InChI is InChI=1S/C16H25BN2O2/c1-12(18-6)13-8-7-11-19-14(13)9-10-17-20-15(2,3)16(4,5)21-17/h7-12,18H,1-6H3/b10-9+/t12-/m0/s1. The zero-order valence-electron chi connectivity index (χ0n) is 13.8. The van der Waals surface area contributed by atoms with Gasteiger partial charge in [0.1, 0.15) is 0 Å². The highest BCUT2D eigenvalue weighted by molar-refractivity contribution is 6.52. The van der Waals surface area contributed by atoms with Gasteiger partial charge in [-0.2, -0.15) is 0 Å². The van der Waals surface area contributed by atoms with Crippen LogP contribution in [0.3, 0.4) is 0 Å². The molecule has 2 heterocycles. The Morgan fingerprint density at radius 1 is 1.24 bits per heavy atom. The normalized spacial score (nSPS) is 21.9. The molecule has 0 radical (unpaired) electrons. The summed E-state index contributed by atoms with van der Waals surface area (Å²) in [5.41, 5.74) is 1.47. The van der Waals surface area contributed by atoms with Gasteiger partial charge in [0, 0.05) is 12.2 Å². The van der Waals surface area contributed by atoms with E-state index in [0.717, 1.165) is 11.3 Å². The van der Waals surface area contributed by atoms with E-state index in [1.165, 1.54) is 0 Å². The first-order valence-electron chi connectivity index (χ1n) is 7.43. The summed E-state index contributed by atoms with van der Waals surface area (Å²) in [5.74, 6) is 1.94. The lowest BCUT2D eigenvalue weighted by Gasteiger charge is -2.32. The van der Waals surface area contributed by atoms with E-state index in [1.54, 1.807) is 6.20 Å². The SMILES string of the molecule is CN[C@@H](C)c1cccnc1/C=C/B1OC(C)(C)C(C)(C)O1. The zero-order valence-corrected chi connectivity index (χ0v) is 13.8. The van der Waals surface area contributed by atoms with Gasteiger partial charge in [-0.25, -0.2) is 0 Å². The molecule has 1 aliphatic heterocycles. The molecule has 2 rings (SSSR count). The molecule has 114 valence electrons. The zero-order chi connectivity index (χ0) is 15.7. The Hall–Kier alpha value is -1.17. The molecule has 5 heteroatoms. The van der Waals surface area contributed by atoms with E-state index in [1.807, 2.05) is 25.2 Å². The first kappa shape index (κ1) is 16.2. The Balaban J connectivity index is 2.17. The minimum atomic E-state index is -0.338. The Kier molecular flexibility index (Phi) is 4.56. The van der Waals surface area contributed by atoms with Gasteiger partial charge in [0.2, 0.25) is 0 Å². The lowest BCUT2D eigenvalue weighted by atomic mass is 9.89. The molecule has 0 bridgehead atoms. The second kappa shape index (κ2) is 5.91. The van der Waals surface area contributed by atoms with Crippen molar-refractivity contribution in [3.05, 3.63) is 35.6 Å². The minimum absolute atomic E-state index is 0.247. The number of nitrogens with zero attached hydrogens (tertiary/aromatic N) is 1. The third-order valence-corrected chi connectivity index (χ3v) is 4.45. The quantitative estimate of drug-likeness (QED) is 0.865. The van der Waals surface area contributed by atoms with Crippen LogP contribution in [0, 0.1) is 0 Å². The summed E-state index contributed by atoms with van der Waals surface area (Å²) in [6.45, 7) is 10.3. The van der Waals surface area contributed by atoms with E-state index in [0.29, 0.717) is 0 Å². The predicted octanol–water partition coefficient (Wildman–Crippen LogP) is 3.01. The molecule has 1 aromatic rings. The number of pyridine rings is 1. The van der Waals surface area contributed by atoms with Crippen molar-refractivity contribution in [3.8, 4) is 0 Å². The molecule has 4 nitrogen and oxygen atoms in total. The largest absolute Gasteiger partial charge is 0.487 e. The topological polar surface area (TPSA) is 43.4 Å². The van der Waals surface area contributed by atoms with Crippen molar-refractivity contribution < 1.29 is 9.31 Å². The predicted molar refractivity (Wildman–Crippen MR) is 86.8 cm³/mol. The van der Waals surface area contributed by atoms with Crippen molar-refractivity contribution in [2.75, 3.05) is 7.05 Å². The van der Waals surface area contributed by atoms with Crippen LogP contribution in [0.1, 0.15) is 51.9 Å². The summed E-state index contributed by atoms with van der Waals surface area (Å²) >= 11 is 0. The van der Waals surface area contributed by atoms with Gasteiger partial charge in [0.25, 0.3) is 0 Å². The number of rotatable bonds is 4. The highest BCUT2D eigenvalue weighted by Crippen LogP contribution is 2.37. The Bertz CT molecular complexity index is 513. The van der Waals surface area contributed by atoms with Gasteiger partial charge in [-0.1, -0.05) is 12.0 Å². The maximum Gasteiger partial charge on any atom is 0.487 e. The first-order valence-corrected chi connectivity index (χ1v) is 7.43. The summed E-state index contributed by atoms with van der Waals surface area (Å²) in [4.78, 5) is 4.44. The maximum atomic E-state index is 5.96. The summed E-state index contributed by atoms with van der Waals surface area (Å²) in [6.07, 6.45) is 3.78. The molecule has 0 amide bonds. The highest BCUT2D eigenvalue weighted by Gasteiger charge is 2.50. The fourth-order valence-corrected chi connectivity index (χ4v) is 2.23. The fraction of sp³-hybridized carbons (Fsp3) is 0.562. The summed E-state index contributed by atoms with van der Waals surface area (Å²) < 4.78 is 11.9. The smallest absolute Gasteiger partial charge is 0.400 e. The van der Waals surface area contributed by atoms with Gasteiger partial charge in [0.05, 0.1) is 16.9 Å². The number of hydrogen-bond donors (Lipinski definition) is 1. The molecular weight excluding hydrogens is 263 g/mol. The van der Waals surface area contributed by atoms with Crippen LogP contribution in [0.15, 0.2) is 24.3 Å². The van der Waals surface area contributed by atoms with Crippen LogP contribution in [0.2, 0.25) is 0 Å². The summed E-state index contributed by atoms with van der Waals surface area (Å²) in [7, 11) is 1.61. The Morgan fingerprint density at radius 3 is 2.43 bits per heavy atom. The molecule has 1 fully saturated rings. The maximum absolute atomic E-state index is 5.96. The molecule has 0 aromatic carbocycles. The van der Waals surface area contributed by atoms with Gasteiger partial charge < -0.3 is 14.6 Å². The second-order valence-corrected chi connectivity index (χ2v) is 6.47. The lowest BCUT2D eigenvalue weighted by Crippen LogP contribution is -2.41. The fourth-order valence-electron chi connectivity index (χ4n) is 2.23. The van der Waals surface area contributed by atoms with Gasteiger partial charge in [-0.3, -0.25) is 4.98 Å². The second-order valence-electron chi connectivity index (χ2n) is 6.47. The van der Waals surface area contributed by atoms with Crippen molar-refractivity contribution in [1.82, 2.24) is 10.3 Å². The van der Waals surface area contributed by atoms with Crippen LogP contribution in [-0.2, 0) is 9.31 Å². The van der Waals surface area contributed by atoms with Crippen LogP contribution >= 0.6 is 0 Å². The highest BCUT2D eigenvalue weighted by atomic mass is 16.7.